The van der Waals surface area contributed by atoms with Crippen molar-refractivity contribution in [1.29, 1.82) is 0 Å². The molecular formula is C12H15N5O2. The number of oxazole rings is 1. The molecule has 0 aromatic carbocycles. The number of rotatable bonds is 4. The number of nitrogens with two attached hydrogens (primary N) is 2. The summed E-state index contributed by atoms with van der Waals surface area (Å²) in [5, 5.41) is 3.02. The quantitative estimate of drug-likeness (QED) is 0.761. The standard InChI is InChI=1S/C12H15N5O2/c1-6-4-16-12(19-6)7(2)17-11-9(10(14)18)3-8(13)5-15-11/h3-5,7H,13H2,1-2H3,(H2,14,18)(H,15,17). The Balaban J connectivity index is 2.26. The maximum absolute atomic E-state index is 11.3. The van der Waals surface area contributed by atoms with Crippen LogP contribution in [0, 0.1) is 6.92 Å². The highest BCUT2D eigenvalue weighted by atomic mass is 16.4. The Bertz CT molecular complexity index is 608. The van der Waals surface area contributed by atoms with Crippen molar-refractivity contribution in [2.45, 2.75) is 19.9 Å². The molecule has 0 saturated carbocycles. The fourth-order valence-electron chi connectivity index (χ4n) is 1.62. The topological polar surface area (TPSA) is 120 Å². The lowest BCUT2D eigenvalue weighted by Gasteiger charge is -2.13. The van der Waals surface area contributed by atoms with Gasteiger partial charge in [0, 0.05) is 0 Å². The molecule has 0 aliphatic carbocycles. The Labute approximate surface area is 110 Å². The molecule has 0 aliphatic heterocycles. The van der Waals surface area contributed by atoms with E-state index in [2.05, 4.69) is 15.3 Å². The molecule has 19 heavy (non-hydrogen) atoms. The largest absolute Gasteiger partial charge is 0.444 e. The highest BCUT2D eigenvalue weighted by molar-refractivity contribution is 5.98. The van der Waals surface area contributed by atoms with Crippen LogP contribution in [0.2, 0.25) is 0 Å². The van der Waals surface area contributed by atoms with Crippen LogP contribution in [0.25, 0.3) is 0 Å². The Morgan fingerprint density at radius 3 is 2.74 bits per heavy atom. The average Bonchev–Trinajstić information content (AvgIpc) is 2.78. The number of pyridine rings is 1. The molecule has 2 aromatic heterocycles. The van der Waals surface area contributed by atoms with Gasteiger partial charge in [0.05, 0.1) is 23.6 Å². The number of primary amides is 1. The van der Waals surface area contributed by atoms with E-state index in [0.717, 1.165) is 0 Å². The molecule has 0 saturated heterocycles. The third-order valence-corrected chi connectivity index (χ3v) is 2.54. The van der Waals surface area contributed by atoms with Crippen molar-refractivity contribution in [3.05, 3.63) is 35.7 Å². The van der Waals surface area contributed by atoms with Crippen molar-refractivity contribution in [3.8, 4) is 0 Å². The molecule has 100 valence electrons. The molecule has 0 aliphatic rings. The number of aromatic nitrogens is 2. The number of nitrogens with zero attached hydrogens (tertiary/aromatic N) is 2. The number of aryl methyl sites for hydroxylation is 1. The van der Waals surface area contributed by atoms with Gasteiger partial charge in [-0.3, -0.25) is 4.79 Å². The van der Waals surface area contributed by atoms with Gasteiger partial charge in [-0.2, -0.15) is 0 Å². The second-order valence-electron chi connectivity index (χ2n) is 4.20. The van der Waals surface area contributed by atoms with Crippen LogP contribution < -0.4 is 16.8 Å². The van der Waals surface area contributed by atoms with Gasteiger partial charge in [0.2, 0.25) is 5.89 Å². The SMILES string of the molecule is Cc1cnc(C(C)Nc2ncc(N)cc2C(N)=O)o1. The molecule has 2 rings (SSSR count). The minimum atomic E-state index is -0.599. The summed E-state index contributed by atoms with van der Waals surface area (Å²) in [6, 6.07) is 1.23. The zero-order valence-corrected chi connectivity index (χ0v) is 10.7. The minimum absolute atomic E-state index is 0.232. The van der Waals surface area contributed by atoms with Gasteiger partial charge in [-0.1, -0.05) is 0 Å². The summed E-state index contributed by atoms with van der Waals surface area (Å²) in [6.07, 6.45) is 3.07. The maximum Gasteiger partial charge on any atom is 0.252 e. The van der Waals surface area contributed by atoms with Gasteiger partial charge in [-0.15, -0.1) is 0 Å². The van der Waals surface area contributed by atoms with Crippen LogP contribution in [0.15, 0.2) is 22.9 Å². The van der Waals surface area contributed by atoms with E-state index in [9.17, 15) is 4.79 Å². The summed E-state index contributed by atoms with van der Waals surface area (Å²) in [4.78, 5) is 19.5. The summed E-state index contributed by atoms with van der Waals surface area (Å²) < 4.78 is 5.40. The molecule has 7 nitrogen and oxygen atoms in total. The molecule has 1 amide bonds. The summed E-state index contributed by atoms with van der Waals surface area (Å²) in [7, 11) is 0. The van der Waals surface area contributed by atoms with Gasteiger partial charge in [-0.05, 0) is 19.9 Å². The lowest BCUT2D eigenvalue weighted by molar-refractivity contribution is 0.100. The fraction of sp³-hybridized carbons (Fsp3) is 0.250. The van der Waals surface area contributed by atoms with Crippen LogP contribution in [0.3, 0.4) is 0 Å². The fourth-order valence-corrected chi connectivity index (χ4v) is 1.62. The first-order valence-electron chi connectivity index (χ1n) is 5.71. The number of amides is 1. The zero-order valence-electron chi connectivity index (χ0n) is 10.7. The summed E-state index contributed by atoms with van der Waals surface area (Å²) >= 11 is 0. The molecule has 0 fully saturated rings. The molecule has 0 bridgehead atoms. The second kappa shape index (κ2) is 4.97. The summed E-state index contributed by atoms with van der Waals surface area (Å²) in [6.45, 7) is 3.65. The summed E-state index contributed by atoms with van der Waals surface area (Å²) in [5.41, 5.74) is 11.5. The predicted octanol–water partition coefficient (Wildman–Crippen LogP) is 1.23. The molecule has 2 aromatic rings. The monoisotopic (exact) mass is 261 g/mol. The number of hydrogen-bond acceptors (Lipinski definition) is 6. The van der Waals surface area contributed by atoms with Gasteiger partial charge in [-0.25, -0.2) is 9.97 Å². The lowest BCUT2D eigenvalue weighted by Crippen LogP contribution is -2.17. The molecule has 7 heteroatoms. The van der Waals surface area contributed by atoms with Gasteiger partial charge in [0.1, 0.15) is 17.6 Å². The number of carbonyl (C=O) groups excluding carboxylic acids is 1. The molecular weight excluding hydrogens is 246 g/mol. The van der Waals surface area contributed by atoms with E-state index < -0.39 is 5.91 Å². The van der Waals surface area contributed by atoms with E-state index >= 15 is 0 Å². The van der Waals surface area contributed by atoms with Crippen LogP contribution in [0.4, 0.5) is 11.5 Å². The maximum atomic E-state index is 11.3. The van der Waals surface area contributed by atoms with Crippen molar-refractivity contribution >= 4 is 17.4 Å². The normalized spacial score (nSPS) is 12.1. The average molecular weight is 261 g/mol. The highest BCUT2D eigenvalue weighted by Gasteiger charge is 2.16. The van der Waals surface area contributed by atoms with E-state index in [4.69, 9.17) is 15.9 Å². The van der Waals surface area contributed by atoms with Crippen LogP contribution in [0.5, 0.6) is 0 Å². The molecule has 0 radical (unpaired) electrons. The third-order valence-electron chi connectivity index (χ3n) is 2.54. The zero-order chi connectivity index (χ0) is 14.0. The van der Waals surface area contributed by atoms with E-state index in [-0.39, 0.29) is 11.6 Å². The number of carbonyl (C=O) groups is 1. The molecule has 5 N–H and O–H groups in total. The number of anilines is 2. The summed E-state index contributed by atoms with van der Waals surface area (Å²) in [5.74, 6) is 0.971. The van der Waals surface area contributed by atoms with Gasteiger partial charge < -0.3 is 21.2 Å². The van der Waals surface area contributed by atoms with Gasteiger partial charge in [0.25, 0.3) is 5.91 Å². The van der Waals surface area contributed by atoms with Gasteiger partial charge in [0.15, 0.2) is 0 Å². The Kier molecular flexibility index (Phi) is 3.37. The van der Waals surface area contributed by atoms with Crippen molar-refractivity contribution < 1.29 is 9.21 Å². The Morgan fingerprint density at radius 1 is 1.42 bits per heavy atom. The third kappa shape index (κ3) is 2.82. The molecule has 2 heterocycles. The predicted molar refractivity (Wildman–Crippen MR) is 70.4 cm³/mol. The van der Waals surface area contributed by atoms with E-state index in [1.54, 1.807) is 13.1 Å². The first-order valence-corrected chi connectivity index (χ1v) is 5.71. The van der Waals surface area contributed by atoms with Crippen LogP contribution in [-0.4, -0.2) is 15.9 Å². The molecule has 1 atom stereocenters. The first-order chi connectivity index (χ1) is 8.97. The van der Waals surface area contributed by atoms with Crippen LogP contribution in [-0.2, 0) is 0 Å². The number of hydrogen-bond donors (Lipinski definition) is 3. The van der Waals surface area contributed by atoms with Crippen molar-refractivity contribution in [1.82, 2.24) is 9.97 Å². The van der Waals surface area contributed by atoms with E-state index in [0.29, 0.717) is 23.2 Å². The minimum Gasteiger partial charge on any atom is -0.444 e. The van der Waals surface area contributed by atoms with Gasteiger partial charge >= 0.3 is 0 Å². The Hall–Kier alpha value is -2.57. The molecule has 1 unspecified atom stereocenters. The molecule has 0 spiro atoms. The lowest BCUT2D eigenvalue weighted by atomic mass is 10.2. The second-order valence-corrected chi connectivity index (χ2v) is 4.20. The Morgan fingerprint density at radius 2 is 2.16 bits per heavy atom. The van der Waals surface area contributed by atoms with Crippen molar-refractivity contribution in [2.75, 3.05) is 11.1 Å². The van der Waals surface area contributed by atoms with E-state index in [1.807, 2.05) is 6.92 Å². The number of nitrogen functional groups attached to an aromatic ring is 1. The smallest absolute Gasteiger partial charge is 0.252 e. The van der Waals surface area contributed by atoms with Crippen molar-refractivity contribution in [2.24, 2.45) is 5.73 Å². The van der Waals surface area contributed by atoms with Crippen molar-refractivity contribution in [3.63, 3.8) is 0 Å². The first kappa shape index (κ1) is 12.9. The highest BCUT2D eigenvalue weighted by Crippen LogP contribution is 2.21. The van der Waals surface area contributed by atoms with E-state index in [1.165, 1.54) is 12.3 Å². The number of nitrogens with one attached hydrogen (secondary N) is 1. The van der Waals surface area contributed by atoms with Crippen LogP contribution in [0.1, 0.15) is 35.0 Å². The van der Waals surface area contributed by atoms with Crippen LogP contribution >= 0.6 is 0 Å².